The zero-order valence-corrected chi connectivity index (χ0v) is 19.8. The molecular weight excluding hydrogens is 481 g/mol. The van der Waals surface area contributed by atoms with E-state index in [-0.39, 0.29) is 17.7 Å². The molecule has 2 amide bonds. The maximum absolute atomic E-state index is 12.6. The second kappa shape index (κ2) is 10.2. The Morgan fingerprint density at radius 3 is 2.64 bits per heavy atom. The second-order valence-electron chi connectivity index (χ2n) is 7.23. The number of hydrogen-bond acceptors (Lipinski definition) is 4. The zero-order chi connectivity index (χ0) is 23.4. The van der Waals surface area contributed by atoms with Gasteiger partial charge in [0.2, 0.25) is 0 Å². The number of nitrogens with one attached hydrogen (secondary N) is 1. The molecule has 0 aliphatic rings. The molecule has 0 radical (unpaired) electrons. The van der Waals surface area contributed by atoms with E-state index in [0.29, 0.717) is 32.7 Å². The normalized spacial score (nSPS) is 12.5. The lowest BCUT2D eigenvalue weighted by Gasteiger charge is -2.13. The molecule has 0 saturated carbocycles. The summed E-state index contributed by atoms with van der Waals surface area (Å²) >= 11 is 13.2. The summed E-state index contributed by atoms with van der Waals surface area (Å²) in [7, 11) is 0. The molecule has 2 heterocycles. The summed E-state index contributed by atoms with van der Waals surface area (Å²) in [5.41, 5.74) is 1.35. The van der Waals surface area contributed by atoms with Gasteiger partial charge in [-0.15, -0.1) is 11.3 Å². The molecule has 0 aliphatic carbocycles. The summed E-state index contributed by atoms with van der Waals surface area (Å²) in [5, 5.41) is 5.41. The fraction of sp³-hybridized carbons (Fsp3) is 0.125. The van der Waals surface area contributed by atoms with Crippen LogP contribution < -0.4 is 10.1 Å². The molecule has 4 aromatic rings. The highest BCUT2D eigenvalue weighted by atomic mass is 35.5. The largest absolute Gasteiger partial charge is 0.454 e. The van der Waals surface area contributed by atoms with Gasteiger partial charge in [0.25, 0.3) is 11.8 Å². The number of thiazole rings is 1. The molecule has 168 valence electrons. The van der Waals surface area contributed by atoms with Crippen molar-refractivity contribution < 1.29 is 14.0 Å². The van der Waals surface area contributed by atoms with Crippen LogP contribution in [0.15, 0.2) is 81.7 Å². The Kier molecular flexibility index (Phi) is 7.13. The first-order chi connectivity index (χ1) is 15.9. The van der Waals surface area contributed by atoms with Crippen molar-refractivity contribution in [3.05, 3.63) is 110 Å². The van der Waals surface area contributed by atoms with Crippen molar-refractivity contribution in [1.29, 1.82) is 0 Å². The van der Waals surface area contributed by atoms with Crippen LogP contribution in [0.2, 0.25) is 10.0 Å². The summed E-state index contributed by atoms with van der Waals surface area (Å²) in [5.74, 6) is 0.0511. The smallest absolute Gasteiger partial charge is 0.287 e. The molecular formula is C24H19Cl2N3O3S. The van der Waals surface area contributed by atoms with E-state index in [1.54, 1.807) is 35.0 Å². The van der Waals surface area contributed by atoms with Gasteiger partial charge < -0.3 is 14.3 Å². The predicted molar refractivity (Wildman–Crippen MR) is 129 cm³/mol. The molecule has 6 nitrogen and oxygen atoms in total. The Bertz CT molecular complexity index is 1360. The topological polar surface area (TPSA) is 76.6 Å². The van der Waals surface area contributed by atoms with E-state index in [2.05, 4.69) is 10.3 Å². The molecule has 0 fully saturated rings. The van der Waals surface area contributed by atoms with Gasteiger partial charge in [0.1, 0.15) is 5.76 Å². The van der Waals surface area contributed by atoms with Gasteiger partial charge in [0, 0.05) is 17.1 Å². The molecule has 9 heteroatoms. The van der Waals surface area contributed by atoms with Gasteiger partial charge in [-0.25, -0.2) is 0 Å². The van der Waals surface area contributed by atoms with Crippen molar-refractivity contribution in [2.45, 2.75) is 19.5 Å². The number of rotatable bonds is 6. The summed E-state index contributed by atoms with van der Waals surface area (Å²) in [4.78, 5) is 29.8. The molecule has 0 spiro atoms. The highest BCUT2D eigenvalue weighted by Gasteiger charge is 2.15. The Morgan fingerprint density at radius 1 is 1.09 bits per heavy atom. The lowest BCUT2D eigenvalue weighted by molar-refractivity contribution is 0.0909. The minimum Gasteiger partial charge on any atom is -0.454 e. The minimum absolute atomic E-state index is 0.156. The SMILES string of the molecule is CC(NC(=O)c1ccc(Cn2ccsc2=NC(=O)c2ccc(Cl)c(Cl)c2)o1)c1ccccc1. The molecule has 0 bridgehead atoms. The summed E-state index contributed by atoms with van der Waals surface area (Å²) < 4.78 is 7.51. The second-order valence-corrected chi connectivity index (χ2v) is 8.92. The predicted octanol–water partition coefficient (Wildman–Crippen LogP) is 5.73. The van der Waals surface area contributed by atoms with Crippen molar-refractivity contribution in [2.75, 3.05) is 0 Å². The van der Waals surface area contributed by atoms with Gasteiger partial charge in [0.05, 0.1) is 22.6 Å². The highest BCUT2D eigenvalue weighted by Crippen LogP contribution is 2.23. The van der Waals surface area contributed by atoms with Crippen molar-refractivity contribution in [3.63, 3.8) is 0 Å². The number of halogens is 2. The first-order valence-corrected chi connectivity index (χ1v) is 11.7. The molecule has 4 rings (SSSR count). The third-order valence-electron chi connectivity index (χ3n) is 4.88. The first kappa shape index (κ1) is 23.0. The van der Waals surface area contributed by atoms with Crippen LogP contribution in [0.25, 0.3) is 0 Å². The van der Waals surface area contributed by atoms with Gasteiger partial charge in [-0.1, -0.05) is 53.5 Å². The van der Waals surface area contributed by atoms with Crippen LogP contribution in [-0.4, -0.2) is 16.4 Å². The average Bonchev–Trinajstić information content (AvgIpc) is 3.46. The fourth-order valence-corrected chi connectivity index (χ4v) is 4.16. The van der Waals surface area contributed by atoms with E-state index in [0.717, 1.165) is 5.56 Å². The van der Waals surface area contributed by atoms with Crippen LogP contribution in [0, 0.1) is 0 Å². The van der Waals surface area contributed by atoms with E-state index >= 15 is 0 Å². The molecule has 1 unspecified atom stereocenters. The standard InChI is InChI=1S/C24H19Cl2N3O3S/c1-15(16-5-3-2-4-6-16)27-23(31)21-10-8-18(32-21)14-29-11-12-33-24(29)28-22(30)17-7-9-19(25)20(26)13-17/h2-13,15H,14H2,1H3,(H,27,31). The molecule has 2 aromatic carbocycles. The van der Waals surface area contributed by atoms with Crippen molar-refractivity contribution in [3.8, 4) is 0 Å². The van der Waals surface area contributed by atoms with E-state index in [1.165, 1.54) is 17.4 Å². The number of carbonyl (C=O) groups excluding carboxylic acids is 2. The molecule has 1 N–H and O–H groups in total. The van der Waals surface area contributed by atoms with Crippen molar-refractivity contribution >= 4 is 46.4 Å². The van der Waals surface area contributed by atoms with Gasteiger partial charge in [0.15, 0.2) is 10.6 Å². The monoisotopic (exact) mass is 499 g/mol. The quantitative estimate of drug-likeness (QED) is 0.368. The number of carbonyl (C=O) groups is 2. The van der Waals surface area contributed by atoms with Gasteiger partial charge in [-0.3, -0.25) is 9.59 Å². The lowest BCUT2D eigenvalue weighted by Crippen LogP contribution is -2.26. The number of aromatic nitrogens is 1. The van der Waals surface area contributed by atoms with E-state index < -0.39 is 5.91 Å². The van der Waals surface area contributed by atoms with Gasteiger partial charge in [-0.2, -0.15) is 4.99 Å². The zero-order valence-electron chi connectivity index (χ0n) is 17.5. The van der Waals surface area contributed by atoms with Crippen molar-refractivity contribution in [2.24, 2.45) is 4.99 Å². The van der Waals surface area contributed by atoms with E-state index in [4.69, 9.17) is 27.6 Å². The van der Waals surface area contributed by atoms with Crippen molar-refractivity contribution in [1.82, 2.24) is 9.88 Å². The number of amides is 2. The van der Waals surface area contributed by atoms with Crippen LogP contribution in [0.3, 0.4) is 0 Å². The average molecular weight is 500 g/mol. The fourth-order valence-electron chi connectivity index (χ4n) is 3.13. The first-order valence-electron chi connectivity index (χ1n) is 10.0. The van der Waals surface area contributed by atoms with Crippen LogP contribution in [-0.2, 0) is 6.54 Å². The third kappa shape index (κ3) is 5.63. The van der Waals surface area contributed by atoms with Crippen LogP contribution in [0.5, 0.6) is 0 Å². The van der Waals surface area contributed by atoms with Crippen LogP contribution in [0.1, 0.15) is 45.2 Å². The Labute approximate surface area is 204 Å². The summed E-state index contributed by atoms with van der Waals surface area (Å²) in [6.45, 7) is 2.23. The number of benzene rings is 2. The summed E-state index contributed by atoms with van der Waals surface area (Å²) in [6.07, 6.45) is 1.80. The van der Waals surface area contributed by atoms with Crippen LogP contribution >= 0.6 is 34.5 Å². The Morgan fingerprint density at radius 2 is 1.88 bits per heavy atom. The molecule has 2 aromatic heterocycles. The maximum Gasteiger partial charge on any atom is 0.287 e. The number of hydrogen-bond donors (Lipinski definition) is 1. The Hall–Kier alpha value is -3.13. The van der Waals surface area contributed by atoms with Crippen LogP contribution in [0.4, 0.5) is 0 Å². The maximum atomic E-state index is 12.6. The number of nitrogens with zero attached hydrogens (tertiary/aromatic N) is 2. The molecule has 1 atom stereocenters. The third-order valence-corrected chi connectivity index (χ3v) is 6.42. The summed E-state index contributed by atoms with van der Waals surface area (Å²) in [6, 6.07) is 17.5. The molecule has 0 aliphatic heterocycles. The van der Waals surface area contributed by atoms with E-state index in [9.17, 15) is 9.59 Å². The number of furan rings is 1. The molecule has 0 saturated heterocycles. The van der Waals surface area contributed by atoms with Gasteiger partial charge >= 0.3 is 0 Å². The van der Waals surface area contributed by atoms with E-state index in [1.807, 2.05) is 42.6 Å². The lowest BCUT2D eigenvalue weighted by atomic mass is 10.1. The molecule has 33 heavy (non-hydrogen) atoms. The van der Waals surface area contributed by atoms with Gasteiger partial charge in [-0.05, 0) is 42.8 Å². The Balaban J connectivity index is 1.46. The minimum atomic E-state index is -0.431. The highest BCUT2D eigenvalue weighted by molar-refractivity contribution is 7.07.